The average molecular weight is 534 g/mol. The van der Waals surface area contributed by atoms with Crippen LogP contribution >= 0.6 is 0 Å². The lowest BCUT2D eigenvalue weighted by atomic mass is 10.1. The van der Waals surface area contributed by atoms with Crippen LogP contribution in [0.1, 0.15) is 81.5 Å². The summed E-state index contributed by atoms with van der Waals surface area (Å²) in [7, 11) is 0. The number of hydrogen-bond donors (Lipinski definition) is 0. The topological polar surface area (TPSA) is 65.1 Å². The third-order valence-corrected chi connectivity index (χ3v) is 5.51. The minimum absolute atomic E-state index is 0.0229. The second-order valence-electron chi connectivity index (χ2n) is 8.79. The van der Waals surface area contributed by atoms with Crippen molar-refractivity contribution in [2.45, 2.75) is 84.7 Å². The van der Waals surface area contributed by atoms with E-state index in [1.807, 2.05) is 24.3 Å². The van der Waals surface area contributed by atoms with Gasteiger partial charge in [-0.05, 0) is 48.2 Å². The zero-order valence-electron chi connectivity index (χ0n) is 22.0. The summed E-state index contributed by atoms with van der Waals surface area (Å²) in [5.74, 6) is 4.77. The number of rotatable bonds is 13. The number of nitrogens with zero attached hydrogens (tertiary/aromatic N) is 1. The highest BCUT2D eigenvalue weighted by Crippen LogP contribution is 2.29. The van der Waals surface area contributed by atoms with E-state index in [9.17, 15) is 22.8 Å². The molecule has 0 radical (unpaired) electrons. The maximum absolute atomic E-state index is 12.9. The van der Waals surface area contributed by atoms with E-state index < -0.39 is 29.8 Å². The highest BCUT2D eigenvalue weighted by atomic mass is 19.4. The Kier molecular flexibility index (Phi) is 12.8. The molecule has 0 saturated carbocycles. The van der Waals surface area contributed by atoms with E-state index in [1.54, 1.807) is 6.92 Å². The van der Waals surface area contributed by atoms with Crippen LogP contribution in [0.5, 0.6) is 0 Å². The molecule has 2 aromatic rings. The molecule has 0 aliphatic rings. The van der Waals surface area contributed by atoms with Crippen LogP contribution < -0.4 is 0 Å². The molecule has 0 fully saturated rings. The summed E-state index contributed by atoms with van der Waals surface area (Å²) in [5, 5.41) is 1.29. The number of esters is 1. The number of hydroxylamine groups is 2. The van der Waals surface area contributed by atoms with Gasteiger partial charge in [-0.15, -0.1) is 5.06 Å². The standard InChI is InChI=1S/C29H34F3NO5/c1-4-6-7-8-9-10-11-23-12-14-24(15-13-23)20-33(38-37-28(35)27(5-2)36-22(3)34)21-25-16-18-26(19-17-25)29(30,31)32/h12-19,27H,4-9,20-21H2,1-3H3. The molecule has 2 rings (SSSR count). The van der Waals surface area contributed by atoms with Gasteiger partial charge in [-0.2, -0.15) is 13.2 Å². The molecule has 0 N–H and O–H groups in total. The van der Waals surface area contributed by atoms with E-state index in [2.05, 4.69) is 18.8 Å². The minimum Gasteiger partial charge on any atom is -0.450 e. The quantitative estimate of drug-likeness (QED) is 0.0932. The Bertz CT molecular complexity index is 1070. The Morgan fingerprint density at radius 2 is 1.53 bits per heavy atom. The Balaban J connectivity index is 2.09. The first-order valence-electron chi connectivity index (χ1n) is 12.7. The van der Waals surface area contributed by atoms with E-state index >= 15 is 0 Å². The molecule has 1 atom stereocenters. The van der Waals surface area contributed by atoms with Gasteiger partial charge in [0, 0.05) is 18.9 Å². The van der Waals surface area contributed by atoms with Gasteiger partial charge in [0.15, 0.2) is 0 Å². The van der Waals surface area contributed by atoms with Gasteiger partial charge in [-0.3, -0.25) is 9.68 Å². The molecular formula is C29H34F3NO5. The number of unbranched alkanes of at least 4 members (excludes halogenated alkanes) is 4. The van der Waals surface area contributed by atoms with E-state index in [0.717, 1.165) is 36.1 Å². The molecule has 6 nitrogen and oxygen atoms in total. The molecule has 0 spiro atoms. The van der Waals surface area contributed by atoms with Gasteiger partial charge in [-0.25, -0.2) is 4.79 Å². The number of hydrogen-bond acceptors (Lipinski definition) is 6. The summed E-state index contributed by atoms with van der Waals surface area (Å²) in [5.41, 5.74) is 1.40. The number of ether oxygens (including phenoxy) is 1. The predicted molar refractivity (Wildman–Crippen MR) is 136 cm³/mol. The minimum atomic E-state index is -4.45. The first-order valence-corrected chi connectivity index (χ1v) is 12.7. The predicted octanol–water partition coefficient (Wildman–Crippen LogP) is 6.76. The average Bonchev–Trinajstić information content (AvgIpc) is 2.88. The molecule has 9 heteroatoms. The summed E-state index contributed by atoms with van der Waals surface area (Å²) in [6, 6.07) is 12.0. The molecule has 0 aromatic heterocycles. The molecule has 1 unspecified atom stereocenters. The van der Waals surface area contributed by atoms with Crippen LogP contribution in [0, 0.1) is 11.8 Å². The monoisotopic (exact) mass is 533 g/mol. The molecule has 2 aromatic carbocycles. The molecule has 0 aliphatic carbocycles. The SMILES string of the molecule is CCCCCCC#Cc1ccc(CN(Cc2ccc(C(F)(F)F)cc2)OOC(=O)C(CC)OC(C)=O)cc1. The fraction of sp³-hybridized carbons (Fsp3) is 0.448. The smallest absolute Gasteiger partial charge is 0.416 e. The molecule has 38 heavy (non-hydrogen) atoms. The second-order valence-corrected chi connectivity index (χ2v) is 8.79. The van der Waals surface area contributed by atoms with Crippen molar-refractivity contribution >= 4 is 11.9 Å². The van der Waals surface area contributed by atoms with Crippen molar-refractivity contribution < 1.29 is 37.4 Å². The van der Waals surface area contributed by atoms with Crippen LogP contribution in [-0.4, -0.2) is 23.1 Å². The normalized spacial score (nSPS) is 12.0. The van der Waals surface area contributed by atoms with Crippen molar-refractivity contribution in [3.05, 3.63) is 70.8 Å². The Hall–Kier alpha value is -3.35. The third-order valence-electron chi connectivity index (χ3n) is 5.51. The number of alkyl halides is 3. The van der Waals surface area contributed by atoms with Gasteiger partial charge < -0.3 is 4.74 Å². The summed E-state index contributed by atoms with van der Waals surface area (Å²) in [6.07, 6.45) is 0.0679. The maximum atomic E-state index is 12.9. The Morgan fingerprint density at radius 1 is 0.921 bits per heavy atom. The number of benzene rings is 2. The number of carbonyl (C=O) groups is 2. The molecule has 0 aliphatic heterocycles. The molecule has 0 amide bonds. The fourth-order valence-electron chi connectivity index (χ4n) is 3.45. The highest BCUT2D eigenvalue weighted by Gasteiger charge is 2.30. The molecule has 0 bridgehead atoms. The van der Waals surface area contributed by atoms with Crippen molar-refractivity contribution in [3.63, 3.8) is 0 Å². The first-order chi connectivity index (χ1) is 18.1. The molecule has 206 valence electrons. The summed E-state index contributed by atoms with van der Waals surface area (Å²) >= 11 is 0. The molecule has 0 saturated heterocycles. The third kappa shape index (κ3) is 11.4. The zero-order chi connectivity index (χ0) is 28.0. The van der Waals surface area contributed by atoms with E-state index in [1.165, 1.54) is 43.4 Å². The van der Waals surface area contributed by atoms with E-state index in [4.69, 9.17) is 14.6 Å². The van der Waals surface area contributed by atoms with Crippen molar-refractivity contribution in [2.24, 2.45) is 0 Å². The van der Waals surface area contributed by atoms with Crippen molar-refractivity contribution in [3.8, 4) is 11.8 Å². The fourth-order valence-corrected chi connectivity index (χ4v) is 3.45. The largest absolute Gasteiger partial charge is 0.450 e. The van der Waals surface area contributed by atoms with E-state index in [-0.39, 0.29) is 19.5 Å². The first kappa shape index (κ1) is 30.9. The lowest BCUT2D eigenvalue weighted by Gasteiger charge is -2.21. The van der Waals surface area contributed by atoms with Crippen LogP contribution in [0.3, 0.4) is 0 Å². The Morgan fingerprint density at radius 3 is 2.05 bits per heavy atom. The maximum Gasteiger partial charge on any atom is 0.416 e. The second kappa shape index (κ2) is 15.8. The van der Waals surface area contributed by atoms with Crippen LogP contribution in [0.2, 0.25) is 0 Å². The lowest BCUT2D eigenvalue weighted by Crippen LogP contribution is -2.31. The Labute approximate surface area is 221 Å². The van der Waals surface area contributed by atoms with Gasteiger partial charge in [0.05, 0.1) is 18.7 Å². The summed E-state index contributed by atoms with van der Waals surface area (Å²) < 4.78 is 43.7. The van der Waals surface area contributed by atoms with Gasteiger partial charge in [0.1, 0.15) is 0 Å². The number of carbonyl (C=O) groups excluding carboxylic acids is 2. The van der Waals surface area contributed by atoms with Gasteiger partial charge >= 0.3 is 18.1 Å². The highest BCUT2D eigenvalue weighted by molar-refractivity contribution is 5.78. The van der Waals surface area contributed by atoms with Crippen LogP contribution in [0.15, 0.2) is 48.5 Å². The number of halogens is 3. The van der Waals surface area contributed by atoms with Gasteiger partial charge in [0.25, 0.3) is 0 Å². The van der Waals surface area contributed by atoms with Gasteiger partial charge in [-0.1, -0.05) is 74.2 Å². The van der Waals surface area contributed by atoms with Crippen molar-refractivity contribution in [1.82, 2.24) is 5.06 Å². The summed E-state index contributed by atoms with van der Waals surface area (Å²) in [6.45, 7) is 5.16. The molecule has 0 heterocycles. The van der Waals surface area contributed by atoms with Crippen LogP contribution in [0.25, 0.3) is 0 Å². The zero-order valence-corrected chi connectivity index (χ0v) is 22.0. The van der Waals surface area contributed by atoms with Crippen molar-refractivity contribution in [2.75, 3.05) is 0 Å². The van der Waals surface area contributed by atoms with Crippen molar-refractivity contribution in [1.29, 1.82) is 0 Å². The lowest BCUT2D eigenvalue weighted by molar-refractivity contribution is -0.408. The van der Waals surface area contributed by atoms with E-state index in [0.29, 0.717) is 5.56 Å². The molecular weight excluding hydrogens is 499 g/mol. The summed E-state index contributed by atoms with van der Waals surface area (Å²) in [4.78, 5) is 33.7. The van der Waals surface area contributed by atoms with Crippen LogP contribution in [0.4, 0.5) is 13.2 Å². The van der Waals surface area contributed by atoms with Crippen LogP contribution in [-0.2, 0) is 43.5 Å². The van der Waals surface area contributed by atoms with Gasteiger partial charge in [0.2, 0.25) is 6.10 Å².